The van der Waals surface area contributed by atoms with Gasteiger partial charge in [-0.3, -0.25) is 24.4 Å². The number of hydrogen-bond acceptors (Lipinski definition) is 11. The number of alkyl halides is 12. The Balaban J connectivity index is 0.000000257. The van der Waals surface area contributed by atoms with Crippen molar-refractivity contribution in [3.63, 3.8) is 0 Å². The predicted octanol–water partition coefficient (Wildman–Crippen LogP) is 8.55. The maximum absolute atomic E-state index is 13.1. The lowest BCUT2D eigenvalue weighted by atomic mass is 9.91. The summed E-state index contributed by atoms with van der Waals surface area (Å²) in [6.07, 6.45) is -20.7. The smallest absolute Gasteiger partial charge is 0.430 e. The first-order chi connectivity index (χ1) is 36.0. The van der Waals surface area contributed by atoms with Crippen molar-refractivity contribution >= 4 is 34.9 Å². The second-order valence-corrected chi connectivity index (χ2v) is 17.6. The Morgan fingerprint density at radius 2 is 0.909 bits per heavy atom. The maximum Gasteiger partial charge on any atom is 0.430 e. The Bertz CT molecular complexity index is 2790. The minimum Gasteiger partial charge on any atom is -0.495 e. The largest absolute Gasteiger partial charge is 0.495 e. The number of rotatable bonds is 12. The molecule has 1 aromatic heterocycles. The average Bonchev–Trinajstić information content (AvgIpc) is 3.42. The molecule has 2 saturated heterocycles. The van der Waals surface area contributed by atoms with Crippen LogP contribution < -0.4 is 25.8 Å². The number of piperazine rings is 2. The number of hydrogen-bond donors (Lipinski definition) is 5. The van der Waals surface area contributed by atoms with Gasteiger partial charge in [0.2, 0.25) is 0 Å². The molecule has 416 valence electrons. The van der Waals surface area contributed by atoms with Gasteiger partial charge in [0.25, 0.3) is 23.0 Å². The molecule has 0 aliphatic carbocycles. The topological polar surface area (TPSA) is 186 Å². The highest BCUT2D eigenvalue weighted by molar-refractivity contribution is 6.02. The molecule has 5 aromatic rings. The highest BCUT2D eigenvalue weighted by Gasteiger charge is 2.72. The first-order valence-electron chi connectivity index (χ1n) is 23.0. The van der Waals surface area contributed by atoms with E-state index in [-0.39, 0.29) is 30.7 Å². The van der Waals surface area contributed by atoms with Crippen molar-refractivity contribution in [3.05, 3.63) is 143 Å². The summed E-state index contributed by atoms with van der Waals surface area (Å²) >= 11 is 0. The zero-order chi connectivity index (χ0) is 56.7. The van der Waals surface area contributed by atoms with Crippen molar-refractivity contribution in [2.75, 3.05) is 82.9 Å². The summed E-state index contributed by atoms with van der Waals surface area (Å²) in [7, 11) is 2.84. The van der Waals surface area contributed by atoms with Gasteiger partial charge in [0.15, 0.2) is 0 Å². The Morgan fingerprint density at radius 1 is 0.532 bits per heavy atom. The lowest BCUT2D eigenvalue weighted by Gasteiger charge is -2.35. The van der Waals surface area contributed by atoms with Crippen LogP contribution in [0.5, 0.6) is 11.5 Å². The molecule has 27 heteroatoms. The molecule has 0 saturated carbocycles. The number of amides is 4. The van der Waals surface area contributed by atoms with Gasteiger partial charge in [-0.25, -0.2) is 4.79 Å². The van der Waals surface area contributed by atoms with Crippen LogP contribution in [0.15, 0.2) is 109 Å². The average molecular weight is 1100 g/mol. The van der Waals surface area contributed by atoms with E-state index in [4.69, 9.17) is 15.2 Å². The van der Waals surface area contributed by atoms with Crippen molar-refractivity contribution in [1.82, 2.24) is 24.6 Å². The third kappa shape index (κ3) is 13.4. The van der Waals surface area contributed by atoms with Gasteiger partial charge in [0.1, 0.15) is 11.5 Å². The van der Waals surface area contributed by atoms with Crippen molar-refractivity contribution in [2.24, 2.45) is 0 Å². The van der Waals surface area contributed by atoms with Crippen molar-refractivity contribution in [1.29, 1.82) is 0 Å². The van der Waals surface area contributed by atoms with Crippen LogP contribution >= 0.6 is 0 Å². The van der Waals surface area contributed by atoms with Gasteiger partial charge in [0.05, 0.1) is 25.6 Å². The number of halogens is 12. The highest BCUT2D eigenvalue weighted by atomic mass is 19.4. The van der Waals surface area contributed by atoms with E-state index in [0.717, 1.165) is 24.3 Å². The summed E-state index contributed by atoms with van der Waals surface area (Å²) in [4.78, 5) is 49.1. The molecule has 4 aromatic carbocycles. The number of anilines is 3. The fraction of sp³-hybridized carbons (Fsp3) is 0.360. The number of aliphatic hydroxyl groups is 2. The molecule has 0 radical (unpaired) electrons. The Morgan fingerprint density at radius 3 is 1.29 bits per heavy atom. The number of ether oxygens (including phenoxy) is 2. The normalized spacial score (nSPS) is 15.3. The Kier molecular flexibility index (Phi) is 18.0. The molecule has 0 unspecified atom stereocenters. The monoisotopic (exact) mass is 1100 g/mol. The second kappa shape index (κ2) is 23.5. The first kappa shape index (κ1) is 58.9. The number of nitrogens with two attached hydrogens (primary N) is 1. The Hall–Kier alpha value is -7.36. The van der Waals surface area contributed by atoms with Crippen LogP contribution in [0.2, 0.25) is 0 Å². The number of benzene rings is 4. The van der Waals surface area contributed by atoms with Gasteiger partial charge in [-0.1, -0.05) is 48.5 Å². The molecule has 77 heavy (non-hydrogen) atoms. The standard InChI is InChI=1S/C28H27F6N5O4.C22H23F6N3O3/c1-43-23-16-19(4-7-22(23)37-25(41)36-21-8-10-35-11-9-21)24(40)39-14-12-38(13-15-39)17-18-2-5-20(6-3-18)26(42,27(29,30)31)28(32,33)34;1-34-18-12-15(4-7-17(18)29)19(32)31-10-8-30(9-11-31)13-14-2-5-16(6-3-14)20(33,21(23,24)25)22(26,27)28/h2-11,16,42H,12-15,17H2,1H3,(H2,35,36,37,41);2-7,12,33H,8-11,13,29H2,1H3. The van der Waals surface area contributed by atoms with Gasteiger partial charge >= 0.3 is 30.7 Å². The minimum atomic E-state index is -5.95. The van der Waals surface area contributed by atoms with Gasteiger partial charge in [-0.05, 0) is 59.7 Å². The summed E-state index contributed by atoms with van der Waals surface area (Å²) in [5, 5.41) is 24.3. The van der Waals surface area contributed by atoms with Gasteiger partial charge in [0, 0.05) is 106 Å². The molecule has 7 rings (SSSR count). The first-order valence-corrected chi connectivity index (χ1v) is 23.0. The van der Waals surface area contributed by atoms with E-state index in [1.54, 1.807) is 46.2 Å². The summed E-state index contributed by atoms with van der Waals surface area (Å²) in [6.45, 7) is 3.57. The van der Waals surface area contributed by atoms with Gasteiger partial charge < -0.3 is 45.9 Å². The molecule has 0 atom stereocenters. The van der Waals surface area contributed by atoms with E-state index in [1.165, 1.54) is 38.7 Å². The summed E-state index contributed by atoms with van der Waals surface area (Å²) < 4.78 is 167. The Labute approximate surface area is 431 Å². The van der Waals surface area contributed by atoms with Crippen LogP contribution in [0.4, 0.5) is 74.5 Å². The number of carbonyl (C=O) groups is 3. The highest BCUT2D eigenvalue weighted by Crippen LogP contribution is 2.51. The van der Waals surface area contributed by atoms with Crippen LogP contribution in [-0.2, 0) is 24.3 Å². The minimum absolute atomic E-state index is 0.208. The lowest BCUT2D eigenvalue weighted by Crippen LogP contribution is -2.53. The van der Waals surface area contributed by atoms with Crippen LogP contribution in [0, 0.1) is 0 Å². The molecule has 0 spiro atoms. The van der Waals surface area contributed by atoms with Gasteiger partial charge in [-0.15, -0.1) is 0 Å². The van der Waals surface area contributed by atoms with Crippen LogP contribution in [0.1, 0.15) is 43.0 Å². The molecule has 2 aliphatic heterocycles. The maximum atomic E-state index is 13.1. The third-order valence-corrected chi connectivity index (χ3v) is 12.6. The number of nitrogens with zero attached hydrogens (tertiary/aromatic N) is 5. The number of nitrogen functional groups attached to an aromatic ring is 1. The molecule has 2 fully saturated rings. The number of nitrogens with one attached hydrogen (secondary N) is 2. The quantitative estimate of drug-likeness (QED) is 0.0596. The predicted molar refractivity (Wildman–Crippen MR) is 255 cm³/mol. The van der Waals surface area contributed by atoms with E-state index in [1.807, 2.05) is 9.80 Å². The lowest BCUT2D eigenvalue weighted by molar-refractivity contribution is -0.376. The van der Waals surface area contributed by atoms with Crippen molar-refractivity contribution < 1.29 is 86.8 Å². The van der Waals surface area contributed by atoms with Crippen molar-refractivity contribution in [3.8, 4) is 11.5 Å². The van der Waals surface area contributed by atoms with Gasteiger partial charge in [-0.2, -0.15) is 52.7 Å². The molecule has 3 heterocycles. The number of carbonyl (C=O) groups excluding carboxylic acids is 3. The SMILES string of the molecule is COc1cc(C(=O)N2CCN(Cc3ccc(C(O)(C(F)(F)F)C(F)(F)F)cc3)CC2)ccc1N.COc1cc(C(=O)N2CCN(Cc3ccc(C(O)(C(F)(F)F)C(F)(F)F)cc3)CC2)ccc1NC(=O)Nc1ccncc1. The van der Waals surface area contributed by atoms with E-state index in [9.17, 15) is 77.3 Å². The fourth-order valence-electron chi connectivity index (χ4n) is 8.27. The molecule has 0 bridgehead atoms. The molecule has 6 N–H and O–H groups in total. The molecule has 15 nitrogen and oxygen atoms in total. The number of methoxy groups -OCH3 is 2. The third-order valence-electron chi connectivity index (χ3n) is 12.6. The van der Waals surface area contributed by atoms with Crippen LogP contribution in [-0.4, -0.2) is 144 Å². The fourth-order valence-corrected chi connectivity index (χ4v) is 8.27. The number of aromatic nitrogens is 1. The van der Waals surface area contributed by atoms with E-state index in [0.29, 0.717) is 122 Å². The summed E-state index contributed by atoms with van der Waals surface area (Å²) in [5.41, 5.74) is -3.87. The summed E-state index contributed by atoms with van der Waals surface area (Å²) in [6, 6.07) is 19.0. The van der Waals surface area contributed by atoms with Crippen molar-refractivity contribution in [2.45, 2.75) is 49.0 Å². The zero-order valence-corrected chi connectivity index (χ0v) is 40.7. The summed E-state index contributed by atoms with van der Waals surface area (Å²) in [5.74, 6) is 0.159. The molecule has 2 aliphatic rings. The number of pyridine rings is 1. The number of urea groups is 1. The van der Waals surface area contributed by atoms with E-state index >= 15 is 0 Å². The zero-order valence-electron chi connectivity index (χ0n) is 40.7. The molecular weight excluding hydrogens is 1050 g/mol. The van der Waals surface area contributed by atoms with Crippen LogP contribution in [0.3, 0.4) is 0 Å². The van der Waals surface area contributed by atoms with Crippen LogP contribution in [0.25, 0.3) is 0 Å². The second-order valence-electron chi connectivity index (χ2n) is 17.6. The van der Waals surface area contributed by atoms with E-state index in [2.05, 4.69) is 15.6 Å². The van der Waals surface area contributed by atoms with E-state index < -0.39 is 53.1 Å². The molecule has 4 amide bonds. The molecular formula is C50H50F12N8O7.